The van der Waals surface area contributed by atoms with E-state index in [9.17, 15) is 18.0 Å². The highest BCUT2D eigenvalue weighted by molar-refractivity contribution is 5.88. The van der Waals surface area contributed by atoms with Crippen LogP contribution < -0.4 is 5.32 Å². The van der Waals surface area contributed by atoms with Crippen LogP contribution in [0, 0.1) is 0 Å². The number of carboxylic acid groups (broad SMARTS) is 1. The monoisotopic (exact) mass is 359 g/mol. The Morgan fingerprint density at radius 3 is 2.19 bits per heavy atom. The Morgan fingerprint density at radius 2 is 1.62 bits per heavy atom. The molecule has 3 aromatic rings. The standard InChI is InChI=1S/C18H12F3N3O2/c19-18(20,21)15-10-14(11-4-2-1-3-5-11)23-17(24-15)22-13-8-6-12(7-9-13)16(25)26/h1-10H,(H,25,26)(H,22,23,24). The minimum absolute atomic E-state index is 0.0606. The van der Waals surface area contributed by atoms with E-state index in [0.717, 1.165) is 6.07 Å². The molecule has 0 saturated carbocycles. The van der Waals surface area contributed by atoms with E-state index in [1.165, 1.54) is 24.3 Å². The number of benzene rings is 2. The van der Waals surface area contributed by atoms with Crippen LogP contribution in [0.4, 0.5) is 24.8 Å². The van der Waals surface area contributed by atoms with Gasteiger partial charge in [-0.3, -0.25) is 0 Å². The van der Waals surface area contributed by atoms with Crippen LogP contribution in [-0.2, 0) is 6.18 Å². The van der Waals surface area contributed by atoms with Crippen LogP contribution in [0.5, 0.6) is 0 Å². The van der Waals surface area contributed by atoms with Crippen LogP contribution >= 0.6 is 0 Å². The summed E-state index contributed by atoms with van der Waals surface area (Å²) in [5.74, 6) is -1.33. The number of alkyl halides is 3. The molecule has 8 heteroatoms. The number of aromatic nitrogens is 2. The average molecular weight is 359 g/mol. The molecule has 5 nitrogen and oxygen atoms in total. The van der Waals surface area contributed by atoms with Crippen molar-refractivity contribution in [3.8, 4) is 11.3 Å². The van der Waals surface area contributed by atoms with Gasteiger partial charge < -0.3 is 10.4 Å². The first-order valence-corrected chi connectivity index (χ1v) is 7.45. The van der Waals surface area contributed by atoms with E-state index in [-0.39, 0.29) is 17.2 Å². The minimum Gasteiger partial charge on any atom is -0.478 e. The van der Waals surface area contributed by atoms with E-state index in [1.807, 2.05) is 0 Å². The van der Waals surface area contributed by atoms with Gasteiger partial charge in [0.2, 0.25) is 5.95 Å². The van der Waals surface area contributed by atoms with E-state index < -0.39 is 17.8 Å². The fraction of sp³-hybridized carbons (Fsp3) is 0.0556. The van der Waals surface area contributed by atoms with Gasteiger partial charge in [0.05, 0.1) is 11.3 Å². The second-order valence-electron chi connectivity index (χ2n) is 5.33. The SMILES string of the molecule is O=C(O)c1ccc(Nc2nc(-c3ccccc3)cc(C(F)(F)F)n2)cc1. The smallest absolute Gasteiger partial charge is 0.433 e. The number of anilines is 2. The van der Waals surface area contributed by atoms with Crippen molar-refractivity contribution >= 4 is 17.6 Å². The van der Waals surface area contributed by atoms with Crippen molar-refractivity contribution in [1.82, 2.24) is 9.97 Å². The molecule has 0 fully saturated rings. The molecule has 3 rings (SSSR count). The Balaban J connectivity index is 1.99. The molecule has 0 aliphatic carbocycles. The van der Waals surface area contributed by atoms with Gasteiger partial charge in [0, 0.05) is 11.3 Å². The Labute approximate surface area is 146 Å². The van der Waals surface area contributed by atoms with Gasteiger partial charge in [-0.05, 0) is 30.3 Å². The third-order valence-electron chi connectivity index (χ3n) is 3.47. The number of carboxylic acids is 1. The molecule has 0 amide bonds. The van der Waals surface area contributed by atoms with Gasteiger partial charge in [-0.25, -0.2) is 14.8 Å². The lowest BCUT2D eigenvalue weighted by molar-refractivity contribution is -0.141. The lowest BCUT2D eigenvalue weighted by Crippen LogP contribution is -2.11. The Bertz CT molecular complexity index is 927. The summed E-state index contributed by atoms with van der Waals surface area (Å²) in [6.07, 6.45) is -4.63. The van der Waals surface area contributed by atoms with Gasteiger partial charge in [0.1, 0.15) is 0 Å². The largest absolute Gasteiger partial charge is 0.478 e. The number of nitrogens with zero attached hydrogens (tertiary/aromatic N) is 2. The zero-order valence-corrected chi connectivity index (χ0v) is 13.2. The summed E-state index contributed by atoms with van der Waals surface area (Å²) in [6, 6.07) is 14.8. The molecule has 1 aromatic heterocycles. The number of hydrogen-bond donors (Lipinski definition) is 2. The molecule has 26 heavy (non-hydrogen) atoms. The molecule has 0 radical (unpaired) electrons. The number of hydrogen-bond acceptors (Lipinski definition) is 4. The van der Waals surface area contributed by atoms with Gasteiger partial charge in [-0.1, -0.05) is 30.3 Å². The summed E-state index contributed by atoms with van der Waals surface area (Å²) in [4.78, 5) is 18.5. The summed E-state index contributed by atoms with van der Waals surface area (Å²) in [5.41, 5.74) is -0.00270. The molecule has 0 atom stereocenters. The lowest BCUT2D eigenvalue weighted by atomic mass is 10.1. The molecule has 2 N–H and O–H groups in total. The molecular weight excluding hydrogens is 347 g/mol. The normalized spacial score (nSPS) is 11.2. The van der Waals surface area contributed by atoms with Crippen molar-refractivity contribution < 1.29 is 23.1 Å². The van der Waals surface area contributed by atoms with Crippen molar-refractivity contribution in [2.45, 2.75) is 6.18 Å². The number of rotatable bonds is 4. The number of nitrogens with one attached hydrogen (secondary N) is 1. The molecule has 0 aliphatic heterocycles. The predicted molar refractivity (Wildman–Crippen MR) is 89.2 cm³/mol. The second kappa shape index (κ2) is 6.83. The first kappa shape index (κ1) is 17.4. The van der Waals surface area contributed by atoms with Gasteiger partial charge in [-0.15, -0.1) is 0 Å². The van der Waals surface area contributed by atoms with Gasteiger partial charge in [0.15, 0.2) is 5.69 Å². The van der Waals surface area contributed by atoms with E-state index in [4.69, 9.17) is 5.11 Å². The summed E-state index contributed by atoms with van der Waals surface area (Å²) >= 11 is 0. The first-order chi connectivity index (χ1) is 12.3. The van der Waals surface area contributed by atoms with Crippen molar-refractivity contribution in [3.05, 3.63) is 71.9 Å². The van der Waals surface area contributed by atoms with E-state index in [2.05, 4.69) is 15.3 Å². The van der Waals surface area contributed by atoms with Crippen LogP contribution in [-0.4, -0.2) is 21.0 Å². The first-order valence-electron chi connectivity index (χ1n) is 7.45. The molecule has 0 spiro atoms. The highest BCUT2D eigenvalue weighted by atomic mass is 19.4. The zero-order chi connectivity index (χ0) is 18.7. The maximum absolute atomic E-state index is 13.2. The maximum Gasteiger partial charge on any atom is 0.433 e. The van der Waals surface area contributed by atoms with Gasteiger partial charge >= 0.3 is 12.1 Å². The van der Waals surface area contributed by atoms with Crippen molar-refractivity contribution in [1.29, 1.82) is 0 Å². The fourth-order valence-electron chi connectivity index (χ4n) is 2.23. The topological polar surface area (TPSA) is 75.1 Å². The van der Waals surface area contributed by atoms with Gasteiger partial charge in [-0.2, -0.15) is 13.2 Å². The highest BCUT2D eigenvalue weighted by Crippen LogP contribution is 2.31. The second-order valence-corrected chi connectivity index (χ2v) is 5.33. The lowest BCUT2D eigenvalue weighted by Gasteiger charge is -2.12. The highest BCUT2D eigenvalue weighted by Gasteiger charge is 2.33. The zero-order valence-electron chi connectivity index (χ0n) is 13.2. The van der Waals surface area contributed by atoms with Crippen molar-refractivity contribution in [3.63, 3.8) is 0 Å². The van der Waals surface area contributed by atoms with Crippen molar-refractivity contribution in [2.24, 2.45) is 0 Å². The third kappa shape index (κ3) is 3.97. The van der Waals surface area contributed by atoms with Crippen LogP contribution in [0.2, 0.25) is 0 Å². The fourth-order valence-corrected chi connectivity index (χ4v) is 2.23. The molecule has 2 aromatic carbocycles. The molecule has 0 aliphatic rings. The van der Waals surface area contributed by atoms with E-state index >= 15 is 0 Å². The quantitative estimate of drug-likeness (QED) is 0.712. The Hall–Kier alpha value is -3.42. The predicted octanol–water partition coefficient (Wildman–Crippen LogP) is 4.60. The summed E-state index contributed by atoms with van der Waals surface area (Å²) in [7, 11) is 0. The molecule has 0 unspecified atom stereocenters. The van der Waals surface area contributed by atoms with Crippen LogP contribution in [0.15, 0.2) is 60.7 Å². The summed E-state index contributed by atoms with van der Waals surface area (Å²) in [5, 5.41) is 11.6. The molecule has 1 heterocycles. The molecule has 0 bridgehead atoms. The van der Waals surface area contributed by atoms with Gasteiger partial charge in [0.25, 0.3) is 0 Å². The minimum atomic E-state index is -4.63. The molecule has 132 valence electrons. The summed E-state index contributed by atoms with van der Waals surface area (Å²) in [6.45, 7) is 0. The Morgan fingerprint density at radius 1 is 0.962 bits per heavy atom. The number of halogens is 3. The number of aromatic carboxylic acids is 1. The average Bonchev–Trinajstić information content (AvgIpc) is 2.62. The molecule has 0 saturated heterocycles. The number of carbonyl (C=O) groups is 1. The van der Waals surface area contributed by atoms with Crippen LogP contribution in [0.25, 0.3) is 11.3 Å². The summed E-state index contributed by atoms with van der Waals surface area (Å²) < 4.78 is 39.5. The Kier molecular flexibility index (Phi) is 4.57. The van der Waals surface area contributed by atoms with Crippen LogP contribution in [0.3, 0.4) is 0 Å². The van der Waals surface area contributed by atoms with Crippen LogP contribution in [0.1, 0.15) is 16.1 Å². The van der Waals surface area contributed by atoms with E-state index in [0.29, 0.717) is 11.3 Å². The molecular formula is C18H12F3N3O2. The van der Waals surface area contributed by atoms with E-state index in [1.54, 1.807) is 30.3 Å². The van der Waals surface area contributed by atoms with Crippen molar-refractivity contribution in [2.75, 3.05) is 5.32 Å². The third-order valence-corrected chi connectivity index (χ3v) is 3.47. The maximum atomic E-state index is 13.2.